The highest BCUT2D eigenvalue weighted by Gasteiger charge is 2.42. The molecule has 1 N–H and O–H groups in total. The standard InChI is InChI=1S/C19H17BrClF3N2O/c20-13-3-1-12(2-4-13)16-9-26(11-19(22,23)24)10-17(16)18(27)25-15-7-5-14(21)6-8-15/h1-8,16-17H,9-11H2,(H,25,27)/t16-,17+/m1/s1. The molecule has 2 aromatic carbocycles. The van der Waals surface area contributed by atoms with Crippen LogP contribution in [0.5, 0.6) is 0 Å². The van der Waals surface area contributed by atoms with Gasteiger partial charge in [0, 0.05) is 34.2 Å². The Labute approximate surface area is 168 Å². The van der Waals surface area contributed by atoms with Crippen molar-refractivity contribution in [2.24, 2.45) is 5.92 Å². The molecule has 8 heteroatoms. The molecule has 1 saturated heterocycles. The van der Waals surface area contributed by atoms with Gasteiger partial charge in [0.1, 0.15) is 0 Å². The lowest BCUT2D eigenvalue weighted by molar-refractivity contribution is -0.144. The molecule has 27 heavy (non-hydrogen) atoms. The van der Waals surface area contributed by atoms with Gasteiger partial charge in [0.2, 0.25) is 5.91 Å². The molecule has 3 rings (SSSR count). The maximum absolute atomic E-state index is 12.8. The number of amides is 1. The fourth-order valence-electron chi connectivity index (χ4n) is 3.35. The highest BCUT2D eigenvalue weighted by Crippen LogP contribution is 2.35. The minimum Gasteiger partial charge on any atom is -0.326 e. The second-order valence-corrected chi connectivity index (χ2v) is 7.92. The van der Waals surface area contributed by atoms with E-state index in [4.69, 9.17) is 11.6 Å². The molecular formula is C19H17BrClF3N2O. The molecule has 0 bridgehead atoms. The summed E-state index contributed by atoms with van der Waals surface area (Å²) in [7, 11) is 0. The molecule has 0 unspecified atom stereocenters. The van der Waals surface area contributed by atoms with Gasteiger partial charge in [-0.1, -0.05) is 39.7 Å². The SMILES string of the molecule is O=C(Nc1ccc(Cl)cc1)[C@H]1CN(CC(F)(F)F)C[C@@H]1c1ccc(Br)cc1. The van der Waals surface area contributed by atoms with E-state index in [1.165, 1.54) is 4.90 Å². The topological polar surface area (TPSA) is 32.3 Å². The van der Waals surface area contributed by atoms with E-state index in [-0.39, 0.29) is 24.9 Å². The van der Waals surface area contributed by atoms with Gasteiger partial charge in [-0.2, -0.15) is 13.2 Å². The Morgan fingerprint density at radius 2 is 1.74 bits per heavy atom. The van der Waals surface area contributed by atoms with Crippen molar-refractivity contribution >= 4 is 39.1 Å². The minimum absolute atomic E-state index is 0.0552. The lowest BCUT2D eigenvalue weighted by atomic mass is 9.88. The molecule has 0 aliphatic carbocycles. The van der Waals surface area contributed by atoms with Crippen molar-refractivity contribution in [3.63, 3.8) is 0 Å². The van der Waals surface area contributed by atoms with Crippen LogP contribution in [-0.4, -0.2) is 36.6 Å². The maximum atomic E-state index is 12.8. The molecule has 0 spiro atoms. The predicted molar refractivity (Wildman–Crippen MR) is 103 cm³/mol. The Kier molecular flexibility index (Phi) is 6.13. The Balaban J connectivity index is 1.80. The Bertz CT molecular complexity index is 796. The monoisotopic (exact) mass is 460 g/mol. The molecule has 1 heterocycles. The molecule has 1 amide bonds. The Morgan fingerprint density at radius 3 is 2.33 bits per heavy atom. The van der Waals surface area contributed by atoms with E-state index < -0.39 is 18.6 Å². The van der Waals surface area contributed by atoms with Gasteiger partial charge in [-0.3, -0.25) is 9.69 Å². The van der Waals surface area contributed by atoms with Crippen LogP contribution in [0.2, 0.25) is 5.02 Å². The van der Waals surface area contributed by atoms with E-state index in [0.29, 0.717) is 10.7 Å². The first kappa shape index (κ1) is 20.2. The third-order valence-corrected chi connectivity index (χ3v) is 5.33. The van der Waals surface area contributed by atoms with Crippen LogP contribution in [0.3, 0.4) is 0 Å². The molecule has 0 radical (unpaired) electrons. The van der Waals surface area contributed by atoms with Crippen LogP contribution in [-0.2, 0) is 4.79 Å². The second-order valence-electron chi connectivity index (χ2n) is 6.57. The fraction of sp³-hybridized carbons (Fsp3) is 0.316. The van der Waals surface area contributed by atoms with E-state index >= 15 is 0 Å². The number of benzene rings is 2. The number of anilines is 1. The van der Waals surface area contributed by atoms with Crippen molar-refractivity contribution in [3.05, 3.63) is 63.6 Å². The van der Waals surface area contributed by atoms with E-state index in [9.17, 15) is 18.0 Å². The van der Waals surface area contributed by atoms with Crippen LogP contribution in [0.1, 0.15) is 11.5 Å². The zero-order valence-corrected chi connectivity index (χ0v) is 16.5. The molecule has 0 saturated carbocycles. The summed E-state index contributed by atoms with van der Waals surface area (Å²) in [6, 6.07) is 14.0. The Morgan fingerprint density at radius 1 is 1.11 bits per heavy atom. The highest BCUT2D eigenvalue weighted by molar-refractivity contribution is 9.10. The van der Waals surface area contributed by atoms with Gasteiger partial charge in [0.25, 0.3) is 0 Å². The average molecular weight is 462 g/mol. The Hall–Kier alpha value is -1.57. The summed E-state index contributed by atoms with van der Waals surface area (Å²) in [5.74, 6) is -1.19. The highest BCUT2D eigenvalue weighted by atomic mass is 79.9. The summed E-state index contributed by atoms with van der Waals surface area (Å²) >= 11 is 9.19. The van der Waals surface area contributed by atoms with Gasteiger partial charge in [0.05, 0.1) is 12.5 Å². The summed E-state index contributed by atoms with van der Waals surface area (Å²) < 4.78 is 39.4. The first-order valence-corrected chi connectivity index (χ1v) is 9.49. The van der Waals surface area contributed by atoms with Crippen LogP contribution in [0.4, 0.5) is 18.9 Å². The summed E-state index contributed by atoms with van der Waals surface area (Å²) in [4.78, 5) is 14.1. The van der Waals surface area contributed by atoms with Crippen LogP contribution < -0.4 is 5.32 Å². The van der Waals surface area contributed by atoms with E-state index in [1.54, 1.807) is 24.3 Å². The number of hydrogen-bond donors (Lipinski definition) is 1. The van der Waals surface area contributed by atoms with Gasteiger partial charge in [-0.05, 0) is 42.0 Å². The van der Waals surface area contributed by atoms with Crippen molar-refractivity contribution in [2.75, 3.05) is 25.0 Å². The summed E-state index contributed by atoms with van der Waals surface area (Å²) in [5, 5.41) is 3.33. The molecule has 144 valence electrons. The van der Waals surface area contributed by atoms with E-state index in [0.717, 1.165) is 10.0 Å². The molecular weight excluding hydrogens is 445 g/mol. The minimum atomic E-state index is -4.30. The largest absolute Gasteiger partial charge is 0.401 e. The lowest BCUT2D eigenvalue weighted by Crippen LogP contribution is -2.34. The van der Waals surface area contributed by atoms with Crippen molar-refractivity contribution < 1.29 is 18.0 Å². The zero-order valence-electron chi connectivity index (χ0n) is 14.1. The number of carbonyl (C=O) groups is 1. The number of nitrogens with one attached hydrogen (secondary N) is 1. The van der Waals surface area contributed by atoms with Gasteiger partial charge in [-0.15, -0.1) is 0 Å². The summed E-state index contributed by atoms with van der Waals surface area (Å²) in [6.45, 7) is -0.787. The number of halogens is 5. The van der Waals surface area contributed by atoms with Gasteiger partial charge < -0.3 is 5.32 Å². The summed E-state index contributed by atoms with van der Waals surface area (Å²) in [5.41, 5.74) is 1.41. The molecule has 2 atom stereocenters. The van der Waals surface area contributed by atoms with Gasteiger partial charge in [-0.25, -0.2) is 0 Å². The fourth-order valence-corrected chi connectivity index (χ4v) is 3.74. The second kappa shape index (κ2) is 8.20. The van der Waals surface area contributed by atoms with Crippen LogP contribution >= 0.6 is 27.5 Å². The maximum Gasteiger partial charge on any atom is 0.401 e. The number of alkyl halides is 3. The normalized spacial score (nSPS) is 20.6. The first-order chi connectivity index (χ1) is 12.7. The van der Waals surface area contributed by atoms with Gasteiger partial charge >= 0.3 is 6.18 Å². The van der Waals surface area contributed by atoms with Crippen molar-refractivity contribution in [3.8, 4) is 0 Å². The number of rotatable bonds is 4. The number of hydrogen-bond acceptors (Lipinski definition) is 2. The molecule has 3 nitrogen and oxygen atoms in total. The summed E-state index contributed by atoms with van der Waals surface area (Å²) in [6.07, 6.45) is -4.30. The third kappa shape index (κ3) is 5.46. The molecule has 1 aliphatic rings. The first-order valence-electron chi connectivity index (χ1n) is 8.32. The molecule has 1 aliphatic heterocycles. The zero-order chi connectivity index (χ0) is 19.6. The number of likely N-dealkylation sites (tertiary alicyclic amines) is 1. The predicted octanol–water partition coefficient (Wildman–Crippen LogP) is 5.32. The lowest BCUT2D eigenvalue weighted by Gasteiger charge is -2.18. The van der Waals surface area contributed by atoms with Crippen LogP contribution in [0.15, 0.2) is 53.0 Å². The van der Waals surface area contributed by atoms with Gasteiger partial charge in [0.15, 0.2) is 0 Å². The average Bonchev–Trinajstić information content (AvgIpc) is 2.99. The van der Waals surface area contributed by atoms with E-state index in [2.05, 4.69) is 21.2 Å². The van der Waals surface area contributed by atoms with Crippen molar-refractivity contribution in [2.45, 2.75) is 12.1 Å². The van der Waals surface area contributed by atoms with Crippen LogP contribution in [0.25, 0.3) is 0 Å². The molecule has 2 aromatic rings. The number of carbonyl (C=O) groups excluding carboxylic acids is 1. The molecule has 0 aromatic heterocycles. The smallest absolute Gasteiger partial charge is 0.326 e. The quantitative estimate of drug-likeness (QED) is 0.668. The number of nitrogens with zero attached hydrogens (tertiary/aromatic N) is 1. The van der Waals surface area contributed by atoms with Crippen molar-refractivity contribution in [1.29, 1.82) is 0 Å². The molecule has 1 fully saturated rings. The van der Waals surface area contributed by atoms with Crippen molar-refractivity contribution in [1.82, 2.24) is 4.90 Å². The van der Waals surface area contributed by atoms with Crippen LogP contribution in [0, 0.1) is 5.92 Å². The van der Waals surface area contributed by atoms with E-state index in [1.807, 2.05) is 24.3 Å². The third-order valence-electron chi connectivity index (χ3n) is 4.55.